The lowest BCUT2D eigenvalue weighted by atomic mass is 10.2. The van der Waals surface area contributed by atoms with Gasteiger partial charge in [-0.15, -0.1) is 11.8 Å². The van der Waals surface area contributed by atoms with E-state index in [4.69, 9.17) is 4.74 Å². The quantitative estimate of drug-likeness (QED) is 0.843. The second-order valence-electron chi connectivity index (χ2n) is 5.87. The van der Waals surface area contributed by atoms with Crippen LogP contribution in [0.4, 0.5) is 4.79 Å². The van der Waals surface area contributed by atoms with Gasteiger partial charge < -0.3 is 10.1 Å². The number of amides is 1. The highest BCUT2D eigenvalue weighted by molar-refractivity contribution is 8.00. The van der Waals surface area contributed by atoms with Crippen LogP contribution in [-0.2, 0) is 4.74 Å². The molecule has 1 saturated heterocycles. The summed E-state index contributed by atoms with van der Waals surface area (Å²) in [5.74, 6) is 0. The monoisotopic (exact) mass is 275 g/mol. The fourth-order valence-electron chi connectivity index (χ4n) is 1.87. The molecular weight excluding hydrogens is 250 g/mol. The average Bonchev–Trinajstić information content (AvgIpc) is 2.54. The van der Waals surface area contributed by atoms with Gasteiger partial charge in [0.1, 0.15) is 11.1 Å². The van der Waals surface area contributed by atoms with Crippen LogP contribution in [0.15, 0.2) is 0 Å². The van der Waals surface area contributed by atoms with Crippen molar-refractivity contribution < 1.29 is 9.53 Å². The van der Waals surface area contributed by atoms with Gasteiger partial charge in [-0.1, -0.05) is 0 Å². The van der Waals surface area contributed by atoms with Crippen molar-refractivity contribution in [2.75, 3.05) is 34.2 Å². The SMILES string of the molecule is CN(C)C1SC(CNC(=O)OC(C)(C)C)CN1C. The fourth-order valence-corrected chi connectivity index (χ4v) is 3.25. The third-order valence-electron chi connectivity index (χ3n) is 2.50. The molecule has 0 radical (unpaired) electrons. The molecule has 6 heteroatoms. The first-order valence-corrected chi connectivity index (χ1v) is 7.12. The average molecular weight is 275 g/mol. The van der Waals surface area contributed by atoms with E-state index in [2.05, 4.69) is 36.3 Å². The Morgan fingerprint density at radius 3 is 2.56 bits per heavy atom. The molecule has 1 N–H and O–H groups in total. The molecule has 1 amide bonds. The third-order valence-corrected chi connectivity index (χ3v) is 4.22. The van der Waals surface area contributed by atoms with E-state index in [0.717, 1.165) is 6.54 Å². The molecule has 2 atom stereocenters. The predicted octanol–water partition coefficient (Wildman–Crippen LogP) is 1.40. The lowest BCUT2D eigenvalue weighted by molar-refractivity contribution is 0.0527. The van der Waals surface area contributed by atoms with Gasteiger partial charge in [-0.2, -0.15) is 0 Å². The summed E-state index contributed by atoms with van der Waals surface area (Å²) in [6.07, 6.45) is -0.334. The van der Waals surface area contributed by atoms with Crippen LogP contribution >= 0.6 is 11.8 Å². The Bertz CT molecular complexity index is 292. The number of nitrogens with zero attached hydrogens (tertiary/aromatic N) is 2. The number of alkyl carbamates (subject to hydrolysis) is 1. The van der Waals surface area contributed by atoms with Crippen LogP contribution in [0, 0.1) is 0 Å². The smallest absolute Gasteiger partial charge is 0.407 e. The van der Waals surface area contributed by atoms with Gasteiger partial charge in [-0.05, 0) is 41.9 Å². The molecule has 2 unspecified atom stereocenters. The summed E-state index contributed by atoms with van der Waals surface area (Å²) in [4.78, 5) is 16.0. The highest BCUT2D eigenvalue weighted by atomic mass is 32.2. The number of ether oxygens (including phenoxy) is 1. The first-order chi connectivity index (χ1) is 8.19. The first-order valence-electron chi connectivity index (χ1n) is 6.18. The molecule has 5 nitrogen and oxygen atoms in total. The second kappa shape index (κ2) is 6.12. The van der Waals surface area contributed by atoms with Crippen LogP contribution in [0.1, 0.15) is 20.8 Å². The highest BCUT2D eigenvalue weighted by Gasteiger charge is 2.31. The van der Waals surface area contributed by atoms with Gasteiger partial charge in [-0.25, -0.2) is 4.79 Å². The van der Waals surface area contributed by atoms with E-state index in [-0.39, 0.29) is 6.09 Å². The van der Waals surface area contributed by atoms with Crippen molar-refractivity contribution in [3.8, 4) is 0 Å². The summed E-state index contributed by atoms with van der Waals surface area (Å²) >= 11 is 1.87. The molecule has 0 aromatic carbocycles. The van der Waals surface area contributed by atoms with E-state index >= 15 is 0 Å². The van der Waals surface area contributed by atoms with Crippen LogP contribution in [0.5, 0.6) is 0 Å². The van der Waals surface area contributed by atoms with Crippen LogP contribution < -0.4 is 5.32 Å². The molecule has 1 aliphatic rings. The summed E-state index contributed by atoms with van der Waals surface area (Å²) in [7, 11) is 6.24. The molecule has 0 aliphatic carbocycles. The van der Waals surface area contributed by atoms with Gasteiger partial charge in [-0.3, -0.25) is 9.80 Å². The number of hydrogen-bond donors (Lipinski definition) is 1. The van der Waals surface area contributed by atoms with Gasteiger partial charge in [0.2, 0.25) is 0 Å². The topological polar surface area (TPSA) is 44.8 Å². The molecular formula is C12H25N3O2S. The summed E-state index contributed by atoms with van der Waals surface area (Å²) in [6.45, 7) is 7.23. The minimum atomic E-state index is -0.435. The van der Waals surface area contributed by atoms with Crippen molar-refractivity contribution in [2.45, 2.75) is 37.1 Å². The maximum Gasteiger partial charge on any atom is 0.407 e. The second-order valence-corrected chi connectivity index (χ2v) is 7.23. The predicted molar refractivity (Wildman–Crippen MR) is 75.7 cm³/mol. The molecule has 0 spiro atoms. The molecule has 1 heterocycles. The van der Waals surface area contributed by atoms with Gasteiger partial charge in [0, 0.05) is 18.3 Å². The number of carbonyl (C=O) groups is 1. The Morgan fingerprint density at radius 1 is 1.50 bits per heavy atom. The standard InChI is InChI=1S/C12H25N3O2S/c1-12(2,3)17-10(16)13-7-9-8-15(6)11(18-9)14(4)5/h9,11H,7-8H2,1-6H3,(H,13,16). The Labute approximate surface area is 114 Å². The molecule has 106 valence electrons. The zero-order chi connectivity index (χ0) is 13.9. The zero-order valence-electron chi connectivity index (χ0n) is 12.2. The molecule has 1 fully saturated rings. The minimum absolute atomic E-state index is 0.334. The van der Waals surface area contributed by atoms with E-state index in [9.17, 15) is 4.79 Å². The summed E-state index contributed by atoms with van der Waals surface area (Å²) in [6, 6.07) is 0. The Hall–Kier alpha value is -0.460. The first kappa shape index (κ1) is 15.6. The molecule has 0 aromatic heterocycles. The van der Waals surface area contributed by atoms with Crippen molar-refractivity contribution in [2.24, 2.45) is 0 Å². The Balaban J connectivity index is 2.31. The highest BCUT2D eigenvalue weighted by Crippen LogP contribution is 2.29. The fraction of sp³-hybridized carbons (Fsp3) is 0.917. The molecule has 0 aromatic rings. The minimum Gasteiger partial charge on any atom is -0.444 e. The van der Waals surface area contributed by atoms with E-state index in [1.807, 2.05) is 32.5 Å². The summed E-state index contributed by atoms with van der Waals surface area (Å²) in [5, 5.41) is 3.25. The molecule has 1 rings (SSSR count). The van der Waals surface area contributed by atoms with E-state index in [1.54, 1.807) is 0 Å². The summed E-state index contributed by atoms with van der Waals surface area (Å²) in [5.41, 5.74) is -0.0500. The van der Waals surface area contributed by atoms with E-state index in [0.29, 0.717) is 17.3 Å². The largest absolute Gasteiger partial charge is 0.444 e. The molecule has 0 bridgehead atoms. The maximum atomic E-state index is 11.5. The molecule has 0 saturated carbocycles. The van der Waals surface area contributed by atoms with Crippen LogP contribution in [0.3, 0.4) is 0 Å². The van der Waals surface area contributed by atoms with E-state index in [1.165, 1.54) is 0 Å². The van der Waals surface area contributed by atoms with Crippen LogP contribution in [-0.4, -0.2) is 66.5 Å². The van der Waals surface area contributed by atoms with Crippen molar-refractivity contribution in [1.29, 1.82) is 0 Å². The summed E-state index contributed by atoms with van der Waals surface area (Å²) < 4.78 is 5.22. The van der Waals surface area contributed by atoms with Crippen molar-refractivity contribution >= 4 is 17.9 Å². The number of thioether (sulfide) groups is 1. The normalized spacial score (nSPS) is 25.5. The molecule has 1 aliphatic heterocycles. The van der Waals surface area contributed by atoms with Crippen LogP contribution in [0.2, 0.25) is 0 Å². The van der Waals surface area contributed by atoms with Gasteiger partial charge in [0.05, 0.1) is 0 Å². The van der Waals surface area contributed by atoms with Crippen molar-refractivity contribution in [3.63, 3.8) is 0 Å². The lowest BCUT2D eigenvalue weighted by Gasteiger charge is -2.24. The van der Waals surface area contributed by atoms with Gasteiger partial charge >= 0.3 is 6.09 Å². The maximum absolute atomic E-state index is 11.5. The van der Waals surface area contributed by atoms with E-state index < -0.39 is 5.60 Å². The Morgan fingerprint density at radius 2 is 2.11 bits per heavy atom. The lowest BCUT2D eigenvalue weighted by Crippen LogP contribution is -2.37. The van der Waals surface area contributed by atoms with Gasteiger partial charge in [0.25, 0.3) is 0 Å². The number of hydrogen-bond acceptors (Lipinski definition) is 5. The van der Waals surface area contributed by atoms with Crippen LogP contribution in [0.25, 0.3) is 0 Å². The van der Waals surface area contributed by atoms with Gasteiger partial charge in [0.15, 0.2) is 0 Å². The number of carbonyl (C=O) groups excluding carboxylic acids is 1. The Kier molecular flexibility index (Phi) is 5.31. The van der Waals surface area contributed by atoms with Crippen molar-refractivity contribution in [1.82, 2.24) is 15.1 Å². The zero-order valence-corrected chi connectivity index (χ0v) is 13.0. The third kappa shape index (κ3) is 5.04. The number of nitrogens with one attached hydrogen (secondary N) is 1. The number of rotatable bonds is 3. The molecule has 18 heavy (non-hydrogen) atoms. The van der Waals surface area contributed by atoms with Crippen molar-refractivity contribution in [3.05, 3.63) is 0 Å².